The van der Waals surface area contributed by atoms with Crippen molar-refractivity contribution in [2.75, 3.05) is 6.61 Å². The molecule has 0 aliphatic heterocycles. The van der Waals surface area contributed by atoms with E-state index >= 15 is 0 Å². The van der Waals surface area contributed by atoms with Crippen molar-refractivity contribution < 1.29 is 23.5 Å². The van der Waals surface area contributed by atoms with E-state index in [-0.39, 0.29) is 18.6 Å². The number of aliphatic hydroxyl groups is 1. The minimum absolute atomic E-state index is 0.0218. The van der Waals surface area contributed by atoms with E-state index in [9.17, 15) is 18.4 Å². The van der Waals surface area contributed by atoms with E-state index < -0.39 is 35.0 Å². The van der Waals surface area contributed by atoms with Crippen LogP contribution in [0.1, 0.15) is 38.8 Å². The fourth-order valence-electron chi connectivity index (χ4n) is 1.92. The largest absolute Gasteiger partial charge is 0.394 e. The van der Waals surface area contributed by atoms with Crippen LogP contribution in [-0.4, -0.2) is 29.1 Å². The third kappa shape index (κ3) is 5.40. The number of nitrogens with one attached hydrogen (secondary N) is 2. The maximum Gasteiger partial charge on any atom is 0.222 e. The van der Waals surface area contributed by atoms with Crippen LogP contribution < -0.4 is 10.6 Å². The van der Waals surface area contributed by atoms with Gasteiger partial charge in [-0.05, 0) is 19.9 Å². The van der Waals surface area contributed by atoms with Gasteiger partial charge in [-0.1, -0.05) is 6.07 Å². The molecule has 0 aliphatic carbocycles. The van der Waals surface area contributed by atoms with Gasteiger partial charge in [-0.25, -0.2) is 8.78 Å². The van der Waals surface area contributed by atoms with Crippen molar-refractivity contribution in [1.82, 2.24) is 10.6 Å². The summed E-state index contributed by atoms with van der Waals surface area (Å²) in [6.07, 6.45) is -0.231. The van der Waals surface area contributed by atoms with E-state index in [2.05, 4.69) is 10.6 Å². The molecule has 1 unspecified atom stereocenters. The third-order valence-corrected chi connectivity index (χ3v) is 2.98. The third-order valence-electron chi connectivity index (χ3n) is 2.98. The molecular formula is C15H20F2N2O3. The fourth-order valence-corrected chi connectivity index (χ4v) is 1.92. The molecule has 5 nitrogen and oxygen atoms in total. The quantitative estimate of drug-likeness (QED) is 0.743. The lowest BCUT2D eigenvalue weighted by molar-refractivity contribution is -0.124. The van der Waals surface area contributed by atoms with Gasteiger partial charge in [-0.2, -0.15) is 0 Å². The minimum Gasteiger partial charge on any atom is -0.394 e. The van der Waals surface area contributed by atoms with Crippen molar-refractivity contribution in [3.05, 3.63) is 35.4 Å². The molecule has 122 valence electrons. The van der Waals surface area contributed by atoms with Crippen LogP contribution in [-0.2, 0) is 9.59 Å². The number of rotatable bonds is 6. The number of amides is 2. The zero-order valence-corrected chi connectivity index (χ0v) is 12.7. The standard InChI is InChI=1S/C15H20F2N2O3/c1-9(21)18-13(7-14(22)19-15(2,3)8-20)11-5-4-10(16)6-12(11)17/h4-6,13,20H,7-8H2,1-3H3,(H,18,21)(H,19,22). The molecule has 22 heavy (non-hydrogen) atoms. The maximum atomic E-state index is 13.8. The highest BCUT2D eigenvalue weighted by Crippen LogP contribution is 2.21. The number of aliphatic hydroxyl groups excluding tert-OH is 1. The van der Waals surface area contributed by atoms with Crippen molar-refractivity contribution in [2.45, 2.75) is 38.8 Å². The number of carbonyl (C=O) groups is 2. The van der Waals surface area contributed by atoms with Crippen molar-refractivity contribution in [3.8, 4) is 0 Å². The molecule has 1 aromatic rings. The van der Waals surface area contributed by atoms with Gasteiger partial charge >= 0.3 is 0 Å². The Morgan fingerprint density at radius 1 is 1.32 bits per heavy atom. The monoisotopic (exact) mass is 314 g/mol. The van der Waals surface area contributed by atoms with Crippen LogP contribution in [0.3, 0.4) is 0 Å². The van der Waals surface area contributed by atoms with Crippen LogP contribution in [0.25, 0.3) is 0 Å². The second-order valence-electron chi connectivity index (χ2n) is 5.71. The number of carbonyl (C=O) groups excluding carboxylic acids is 2. The first-order chi connectivity index (χ1) is 10.1. The van der Waals surface area contributed by atoms with Gasteiger partial charge in [0.1, 0.15) is 11.6 Å². The highest BCUT2D eigenvalue weighted by Gasteiger charge is 2.24. The second kappa shape index (κ2) is 7.31. The zero-order chi connectivity index (χ0) is 16.9. The average Bonchev–Trinajstić information content (AvgIpc) is 2.36. The van der Waals surface area contributed by atoms with Crippen LogP contribution >= 0.6 is 0 Å². The number of hydrogen-bond acceptors (Lipinski definition) is 3. The fraction of sp³-hybridized carbons (Fsp3) is 0.467. The molecule has 0 radical (unpaired) electrons. The Morgan fingerprint density at radius 3 is 2.45 bits per heavy atom. The number of benzene rings is 1. The summed E-state index contributed by atoms with van der Waals surface area (Å²) >= 11 is 0. The molecule has 0 heterocycles. The second-order valence-corrected chi connectivity index (χ2v) is 5.71. The van der Waals surface area contributed by atoms with Crippen molar-refractivity contribution >= 4 is 11.8 Å². The Labute approximate surface area is 127 Å². The summed E-state index contributed by atoms with van der Waals surface area (Å²) in [6.45, 7) is 4.21. The van der Waals surface area contributed by atoms with Crippen LogP contribution in [0, 0.1) is 11.6 Å². The summed E-state index contributed by atoms with van der Waals surface area (Å²) in [5.74, 6) is -2.49. The lowest BCUT2D eigenvalue weighted by Gasteiger charge is -2.25. The first-order valence-corrected chi connectivity index (χ1v) is 6.78. The first-order valence-electron chi connectivity index (χ1n) is 6.78. The molecule has 0 saturated carbocycles. The average molecular weight is 314 g/mol. The highest BCUT2D eigenvalue weighted by atomic mass is 19.1. The molecule has 1 aromatic carbocycles. The summed E-state index contributed by atoms with van der Waals surface area (Å²) in [6, 6.07) is 2.02. The van der Waals surface area contributed by atoms with E-state index in [0.29, 0.717) is 6.07 Å². The van der Waals surface area contributed by atoms with Gasteiger partial charge in [-0.3, -0.25) is 9.59 Å². The molecule has 0 aromatic heterocycles. The minimum atomic E-state index is -0.924. The first kappa shape index (κ1) is 18.0. The Bertz CT molecular complexity index is 562. The molecule has 0 saturated heterocycles. The summed E-state index contributed by atoms with van der Waals surface area (Å²) < 4.78 is 26.8. The topological polar surface area (TPSA) is 78.4 Å². The van der Waals surface area contributed by atoms with Gasteiger partial charge in [0, 0.05) is 18.6 Å². The number of hydrogen-bond donors (Lipinski definition) is 3. The maximum absolute atomic E-state index is 13.8. The van der Waals surface area contributed by atoms with E-state index in [4.69, 9.17) is 5.11 Å². The van der Waals surface area contributed by atoms with Crippen LogP contribution in [0.2, 0.25) is 0 Å². The highest BCUT2D eigenvalue weighted by molar-refractivity contribution is 5.79. The van der Waals surface area contributed by atoms with Gasteiger partial charge in [0.2, 0.25) is 11.8 Å². The van der Waals surface area contributed by atoms with Crippen molar-refractivity contribution in [3.63, 3.8) is 0 Å². The summed E-state index contributed by atoms with van der Waals surface area (Å²) in [4.78, 5) is 23.2. The van der Waals surface area contributed by atoms with E-state index in [0.717, 1.165) is 6.07 Å². The molecule has 0 spiro atoms. The Balaban J connectivity index is 2.94. The lowest BCUT2D eigenvalue weighted by Crippen LogP contribution is -2.47. The molecular weight excluding hydrogens is 294 g/mol. The van der Waals surface area contributed by atoms with Gasteiger partial charge in [-0.15, -0.1) is 0 Å². The van der Waals surface area contributed by atoms with E-state index in [1.807, 2.05) is 0 Å². The SMILES string of the molecule is CC(=O)NC(CC(=O)NC(C)(C)CO)c1ccc(F)cc1F. The molecule has 0 aliphatic rings. The Morgan fingerprint density at radius 2 is 1.95 bits per heavy atom. The molecule has 0 bridgehead atoms. The molecule has 0 fully saturated rings. The Kier molecular flexibility index (Phi) is 5.99. The van der Waals surface area contributed by atoms with Gasteiger partial charge in [0.15, 0.2) is 0 Å². The molecule has 1 rings (SSSR count). The molecule has 1 atom stereocenters. The normalized spacial score (nSPS) is 12.6. The van der Waals surface area contributed by atoms with Crippen LogP contribution in [0.4, 0.5) is 8.78 Å². The molecule has 7 heteroatoms. The van der Waals surface area contributed by atoms with Gasteiger partial charge in [0.25, 0.3) is 0 Å². The number of halogens is 2. The molecule has 3 N–H and O–H groups in total. The van der Waals surface area contributed by atoms with Crippen LogP contribution in [0.5, 0.6) is 0 Å². The van der Waals surface area contributed by atoms with Crippen molar-refractivity contribution in [1.29, 1.82) is 0 Å². The summed E-state index contributed by atoms with van der Waals surface area (Å²) in [5, 5.41) is 14.2. The summed E-state index contributed by atoms with van der Waals surface area (Å²) in [5.41, 5.74) is -0.812. The smallest absolute Gasteiger partial charge is 0.222 e. The van der Waals surface area contributed by atoms with Gasteiger partial charge < -0.3 is 15.7 Å². The lowest BCUT2D eigenvalue weighted by atomic mass is 10.0. The van der Waals surface area contributed by atoms with Crippen molar-refractivity contribution in [2.24, 2.45) is 0 Å². The summed E-state index contributed by atoms with van der Waals surface area (Å²) in [7, 11) is 0. The molecule has 2 amide bonds. The Hall–Kier alpha value is -2.02. The van der Waals surface area contributed by atoms with E-state index in [1.54, 1.807) is 13.8 Å². The van der Waals surface area contributed by atoms with E-state index in [1.165, 1.54) is 13.0 Å². The predicted octanol–water partition coefficient (Wildman–Crippen LogP) is 1.42. The van der Waals surface area contributed by atoms with Gasteiger partial charge in [0.05, 0.1) is 24.6 Å². The zero-order valence-electron chi connectivity index (χ0n) is 12.7. The van der Waals surface area contributed by atoms with Crippen LogP contribution in [0.15, 0.2) is 18.2 Å². The predicted molar refractivity (Wildman–Crippen MR) is 76.8 cm³/mol.